The highest BCUT2D eigenvalue weighted by Crippen LogP contribution is 2.25. The number of carbonyl (C=O) groups excluding carboxylic acids is 1. The van der Waals surface area contributed by atoms with Gasteiger partial charge in [0.15, 0.2) is 0 Å². The number of anilines is 2. The van der Waals surface area contributed by atoms with E-state index in [1.165, 1.54) is 4.31 Å². The molecule has 0 aliphatic carbocycles. The third-order valence-electron chi connectivity index (χ3n) is 4.09. The maximum absolute atomic E-state index is 12.9. The first-order valence-corrected chi connectivity index (χ1v) is 11.1. The van der Waals surface area contributed by atoms with Crippen LogP contribution in [0, 0.1) is 6.92 Å². The van der Waals surface area contributed by atoms with Gasteiger partial charge in [0, 0.05) is 11.8 Å². The molecule has 0 radical (unpaired) electrons. The van der Waals surface area contributed by atoms with Crippen LogP contribution in [0.2, 0.25) is 0 Å². The molecule has 1 amide bonds. The fourth-order valence-electron chi connectivity index (χ4n) is 2.90. The average Bonchev–Trinajstić information content (AvgIpc) is 2.59. The maximum atomic E-state index is 12.9. The molecule has 0 fully saturated rings. The predicted molar refractivity (Wildman–Crippen MR) is 113 cm³/mol. The van der Waals surface area contributed by atoms with Crippen molar-refractivity contribution in [3.8, 4) is 5.75 Å². The van der Waals surface area contributed by atoms with Gasteiger partial charge in [-0.2, -0.15) is 0 Å². The van der Waals surface area contributed by atoms with Crippen molar-refractivity contribution in [3.05, 3.63) is 54.1 Å². The number of sulfonamides is 1. The van der Waals surface area contributed by atoms with Crippen molar-refractivity contribution in [3.63, 3.8) is 0 Å². The van der Waals surface area contributed by atoms with Crippen molar-refractivity contribution in [1.82, 2.24) is 0 Å². The molecule has 2 aromatic carbocycles. The molecule has 2 rings (SSSR count). The maximum Gasteiger partial charge on any atom is 0.248 e. The largest absolute Gasteiger partial charge is 0.491 e. The van der Waals surface area contributed by atoms with E-state index < -0.39 is 22.0 Å². The Morgan fingerprint density at radius 2 is 1.79 bits per heavy atom. The Morgan fingerprint density at radius 1 is 1.14 bits per heavy atom. The SMILES string of the molecule is CCC(C(=O)Nc1cccc(OC(C)C)c1)N(c1ccc(C)cc1)S(C)(=O)=O. The molecule has 6 nitrogen and oxygen atoms in total. The molecule has 0 saturated carbocycles. The minimum atomic E-state index is -3.66. The lowest BCUT2D eigenvalue weighted by atomic mass is 10.1. The molecule has 1 N–H and O–H groups in total. The van der Waals surface area contributed by atoms with Crippen molar-refractivity contribution in [2.45, 2.75) is 46.3 Å². The molecular weight excluding hydrogens is 376 g/mol. The lowest BCUT2D eigenvalue weighted by Gasteiger charge is -2.30. The molecule has 0 aliphatic heterocycles. The highest BCUT2D eigenvalue weighted by Gasteiger charge is 2.31. The van der Waals surface area contributed by atoms with E-state index in [0.717, 1.165) is 11.8 Å². The number of benzene rings is 2. The van der Waals surface area contributed by atoms with Crippen LogP contribution in [0.5, 0.6) is 5.75 Å². The summed E-state index contributed by atoms with van der Waals surface area (Å²) in [7, 11) is -3.66. The van der Waals surface area contributed by atoms with E-state index >= 15 is 0 Å². The van der Waals surface area contributed by atoms with Gasteiger partial charge in [-0.25, -0.2) is 8.42 Å². The van der Waals surface area contributed by atoms with E-state index in [1.54, 1.807) is 37.3 Å². The molecule has 0 aliphatic rings. The predicted octanol–water partition coefficient (Wildman–Crippen LogP) is 3.97. The number of ether oxygens (including phenoxy) is 1. The van der Waals surface area contributed by atoms with Gasteiger partial charge in [-0.15, -0.1) is 0 Å². The van der Waals surface area contributed by atoms with Crippen molar-refractivity contribution in [2.75, 3.05) is 15.9 Å². The van der Waals surface area contributed by atoms with Crippen LogP contribution in [0.4, 0.5) is 11.4 Å². The number of carbonyl (C=O) groups is 1. The molecule has 28 heavy (non-hydrogen) atoms. The molecule has 0 aromatic heterocycles. The molecule has 0 heterocycles. The topological polar surface area (TPSA) is 75.7 Å². The number of nitrogens with zero attached hydrogens (tertiary/aromatic N) is 1. The third kappa shape index (κ3) is 5.73. The number of amides is 1. The van der Waals surface area contributed by atoms with Crippen LogP contribution in [0.1, 0.15) is 32.8 Å². The zero-order valence-electron chi connectivity index (χ0n) is 17.0. The second-order valence-corrected chi connectivity index (χ2v) is 8.86. The number of hydrogen-bond acceptors (Lipinski definition) is 4. The Bertz CT molecular complexity index is 908. The van der Waals surface area contributed by atoms with E-state index in [-0.39, 0.29) is 6.10 Å². The van der Waals surface area contributed by atoms with E-state index in [9.17, 15) is 13.2 Å². The smallest absolute Gasteiger partial charge is 0.248 e. The summed E-state index contributed by atoms with van der Waals surface area (Å²) < 4.78 is 31.8. The summed E-state index contributed by atoms with van der Waals surface area (Å²) in [4.78, 5) is 12.9. The first kappa shape index (κ1) is 21.8. The van der Waals surface area contributed by atoms with Crippen molar-refractivity contribution in [2.24, 2.45) is 0 Å². The molecule has 152 valence electrons. The van der Waals surface area contributed by atoms with Gasteiger partial charge in [0.2, 0.25) is 15.9 Å². The van der Waals surface area contributed by atoms with Crippen LogP contribution < -0.4 is 14.4 Å². The highest BCUT2D eigenvalue weighted by atomic mass is 32.2. The molecule has 7 heteroatoms. The van der Waals surface area contributed by atoms with E-state index in [1.807, 2.05) is 39.0 Å². The Labute approximate surface area is 167 Å². The molecule has 0 spiro atoms. The zero-order chi connectivity index (χ0) is 20.9. The van der Waals surface area contributed by atoms with Crippen LogP contribution >= 0.6 is 0 Å². The lowest BCUT2D eigenvalue weighted by molar-refractivity contribution is -0.117. The molecule has 0 saturated heterocycles. The number of rotatable bonds is 8. The van der Waals surface area contributed by atoms with Gasteiger partial charge >= 0.3 is 0 Å². The van der Waals surface area contributed by atoms with Gasteiger partial charge in [0.25, 0.3) is 0 Å². The summed E-state index contributed by atoms with van der Waals surface area (Å²) in [5.74, 6) is 0.245. The number of nitrogens with one attached hydrogen (secondary N) is 1. The third-order valence-corrected chi connectivity index (χ3v) is 5.27. The van der Waals surface area contributed by atoms with E-state index in [2.05, 4.69) is 5.32 Å². The quantitative estimate of drug-likeness (QED) is 0.722. The van der Waals surface area contributed by atoms with Crippen LogP contribution in [-0.2, 0) is 14.8 Å². The van der Waals surface area contributed by atoms with Gasteiger partial charge in [0.1, 0.15) is 11.8 Å². The zero-order valence-corrected chi connectivity index (χ0v) is 17.8. The molecular formula is C21H28N2O4S. The number of hydrogen-bond donors (Lipinski definition) is 1. The van der Waals surface area contributed by atoms with Crippen LogP contribution in [-0.4, -0.2) is 32.7 Å². The minimum Gasteiger partial charge on any atom is -0.491 e. The van der Waals surface area contributed by atoms with Gasteiger partial charge in [-0.05, 0) is 51.5 Å². The van der Waals surface area contributed by atoms with E-state index in [4.69, 9.17) is 4.74 Å². The lowest BCUT2D eigenvalue weighted by Crippen LogP contribution is -2.47. The van der Waals surface area contributed by atoms with Crippen molar-refractivity contribution in [1.29, 1.82) is 0 Å². The van der Waals surface area contributed by atoms with E-state index in [0.29, 0.717) is 23.5 Å². The van der Waals surface area contributed by atoms with Crippen LogP contribution in [0.25, 0.3) is 0 Å². The van der Waals surface area contributed by atoms with Crippen LogP contribution in [0.15, 0.2) is 48.5 Å². The molecule has 1 atom stereocenters. The van der Waals surface area contributed by atoms with Crippen molar-refractivity contribution < 1.29 is 17.9 Å². The highest BCUT2D eigenvalue weighted by molar-refractivity contribution is 7.92. The summed E-state index contributed by atoms with van der Waals surface area (Å²) >= 11 is 0. The normalized spacial score (nSPS) is 12.5. The standard InChI is InChI=1S/C21H28N2O4S/c1-6-20(23(28(5,25)26)18-12-10-16(4)11-13-18)21(24)22-17-8-7-9-19(14-17)27-15(2)3/h7-15,20H,6H2,1-5H3,(H,22,24). The van der Waals surface area contributed by atoms with Gasteiger partial charge in [-0.1, -0.05) is 30.7 Å². The Morgan fingerprint density at radius 3 is 2.32 bits per heavy atom. The van der Waals surface area contributed by atoms with Crippen molar-refractivity contribution >= 4 is 27.3 Å². The summed E-state index contributed by atoms with van der Waals surface area (Å²) in [5, 5.41) is 2.82. The van der Waals surface area contributed by atoms with Gasteiger partial charge in [0.05, 0.1) is 18.0 Å². The summed E-state index contributed by atoms with van der Waals surface area (Å²) in [6.07, 6.45) is 1.45. The fourth-order valence-corrected chi connectivity index (χ4v) is 4.11. The summed E-state index contributed by atoms with van der Waals surface area (Å²) in [6.45, 7) is 7.55. The first-order valence-electron chi connectivity index (χ1n) is 9.25. The first-order chi connectivity index (χ1) is 13.1. The Kier molecular flexibility index (Phi) is 7.07. The molecule has 2 aromatic rings. The molecule has 1 unspecified atom stereocenters. The minimum absolute atomic E-state index is 0.0107. The van der Waals surface area contributed by atoms with Gasteiger partial charge < -0.3 is 10.1 Å². The average molecular weight is 405 g/mol. The summed E-state index contributed by atoms with van der Waals surface area (Å²) in [5.41, 5.74) is 2.03. The Balaban J connectivity index is 2.30. The monoisotopic (exact) mass is 404 g/mol. The second kappa shape index (κ2) is 9.10. The molecule has 0 bridgehead atoms. The summed E-state index contributed by atoms with van der Waals surface area (Å²) in [6, 6.07) is 13.3. The number of aryl methyl sites for hydroxylation is 1. The fraction of sp³-hybridized carbons (Fsp3) is 0.381. The van der Waals surface area contributed by atoms with Crippen LogP contribution in [0.3, 0.4) is 0 Å². The van der Waals surface area contributed by atoms with Gasteiger partial charge in [-0.3, -0.25) is 9.10 Å². The Hall–Kier alpha value is -2.54. The second-order valence-electron chi connectivity index (χ2n) is 7.00.